The molecule has 8 heteroatoms. The van der Waals surface area contributed by atoms with Crippen LogP contribution in [0, 0.1) is 27.7 Å². The van der Waals surface area contributed by atoms with E-state index in [0.717, 1.165) is 0 Å². The summed E-state index contributed by atoms with van der Waals surface area (Å²) < 4.78 is 10.3. The van der Waals surface area contributed by atoms with Gasteiger partial charge >= 0.3 is 11.9 Å². The van der Waals surface area contributed by atoms with Crippen molar-refractivity contribution in [2.24, 2.45) is 0 Å². The van der Waals surface area contributed by atoms with Gasteiger partial charge in [0.15, 0.2) is 11.9 Å². The molecule has 156 valence electrons. The molecule has 1 atom stereocenters. The molecule has 0 radical (unpaired) electrons. The minimum atomic E-state index is -1.09. The van der Waals surface area contributed by atoms with Crippen molar-refractivity contribution in [1.82, 2.24) is 9.97 Å². The van der Waals surface area contributed by atoms with Gasteiger partial charge in [0, 0.05) is 17.0 Å². The number of hydrogen-bond acceptors (Lipinski definition) is 6. The lowest BCUT2D eigenvalue weighted by molar-refractivity contribution is 0.0311. The van der Waals surface area contributed by atoms with Gasteiger partial charge in [-0.25, -0.2) is 9.59 Å². The maximum Gasteiger partial charge on any atom is 0.355 e. The first-order chi connectivity index (χ1) is 13.5. The fraction of sp³-hybridized carbons (Fsp3) is 0.429. The monoisotopic (exact) mass is 402 g/mol. The Balaban J connectivity index is 2.25. The molecule has 29 heavy (non-hydrogen) atoms. The molecule has 0 aliphatic heterocycles. The molecule has 1 unspecified atom stereocenters. The van der Waals surface area contributed by atoms with Gasteiger partial charge < -0.3 is 19.4 Å². The maximum absolute atomic E-state index is 12.8. The lowest BCUT2D eigenvalue weighted by Crippen LogP contribution is -2.26. The van der Waals surface area contributed by atoms with E-state index in [1.165, 1.54) is 13.8 Å². The van der Waals surface area contributed by atoms with Crippen molar-refractivity contribution in [2.75, 3.05) is 6.61 Å². The average molecular weight is 402 g/mol. The Bertz CT molecular complexity index is 995. The Morgan fingerprint density at radius 1 is 0.862 bits per heavy atom. The molecule has 2 aromatic heterocycles. The highest BCUT2D eigenvalue weighted by Gasteiger charge is 2.29. The van der Waals surface area contributed by atoms with E-state index in [-0.39, 0.29) is 29.3 Å². The summed E-state index contributed by atoms with van der Waals surface area (Å²) >= 11 is 0. The fourth-order valence-corrected chi connectivity index (χ4v) is 3.46. The first-order valence-electron chi connectivity index (χ1n) is 9.32. The fourth-order valence-electron chi connectivity index (χ4n) is 3.46. The average Bonchev–Trinajstić information content (AvgIpc) is 3.09. The van der Waals surface area contributed by atoms with Crippen molar-refractivity contribution in [3.63, 3.8) is 0 Å². The number of aromatic amines is 2. The van der Waals surface area contributed by atoms with Gasteiger partial charge in [0.05, 0.1) is 17.9 Å². The normalized spacial score (nSPS) is 11.8. The zero-order chi connectivity index (χ0) is 22.0. The van der Waals surface area contributed by atoms with E-state index in [1.54, 1.807) is 34.6 Å². The first kappa shape index (κ1) is 22.1. The summed E-state index contributed by atoms with van der Waals surface area (Å²) in [6.07, 6.45) is -1.09. The van der Waals surface area contributed by atoms with Gasteiger partial charge in [-0.3, -0.25) is 9.59 Å². The quantitative estimate of drug-likeness (QED) is 0.541. The van der Waals surface area contributed by atoms with Crippen molar-refractivity contribution < 1.29 is 28.7 Å². The zero-order valence-corrected chi connectivity index (χ0v) is 17.7. The van der Waals surface area contributed by atoms with Gasteiger partial charge in [-0.15, -0.1) is 0 Å². The molecule has 2 heterocycles. The SMILES string of the molecule is CCOC(=O)c1c(C)[nH]c(C(=O)OC(C)C(=O)c2[nH]c(C)c(C(C)=O)c2C)c1C. The molecule has 0 amide bonds. The number of Topliss-reactive ketones (excluding diaryl/α,β-unsaturated/α-hetero) is 2. The topological polar surface area (TPSA) is 118 Å². The molecule has 0 saturated carbocycles. The Labute approximate surface area is 169 Å². The third-order valence-corrected chi connectivity index (χ3v) is 4.81. The molecule has 0 aromatic carbocycles. The van der Waals surface area contributed by atoms with Crippen LogP contribution in [0.5, 0.6) is 0 Å². The van der Waals surface area contributed by atoms with Crippen LogP contribution in [0.25, 0.3) is 0 Å². The van der Waals surface area contributed by atoms with E-state index in [2.05, 4.69) is 9.97 Å². The van der Waals surface area contributed by atoms with Crippen LogP contribution in [0.15, 0.2) is 0 Å². The van der Waals surface area contributed by atoms with E-state index >= 15 is 0 Å². The van der Waals surface area contributed by atoms with Gasteiger partial charge in [0.2, 0.25) is 5.78 Å². The molecule has 2 rings (SSSR count). The van der Waals surface area contributed by atoms with Crippen LogP contribution in [-0.2, 0) is 9.47 Å². The largest absolute Gasteiger partial charge is 0.462 e. The third kappa shape index (κ3) is 4.16. The van der Waals surface area contributed by atoms with Crippen molar-refractivity contribution >= 4 is 23.5 Å². The van der Waals surface area contributed by atoms with Crippen molar-refractivity contribution in [1.29, 1.82) is 0 Å². The summed E-state index contributed by atoms with van der Waals surface area (Å²) in [5.41, 5.74) is 3.06. The number of ether oxygens (including phenoxy) is 2. The predicted molar refractivity (Wildman–Crippen MR) is 106 cm³/mol. The second-order valence-electron chi connectivity index (χ2n) is 6.94. The van der Waals surface area contributed by atoms with Gasteiger partial charge in [-0.2, -0.15) is 0 Å². The lowest BCUT2D eigenvalue weighted by Gasteiger charge is -2.12. The Kier molecular flexibility index (Phi) is 6.46. The van der Waals surface area contributed by atoms with Crippen LogP contribution < -0.4 is 0 Å². The number of ketones is 2. The molecular formula is C21H26N2O6. The number of hydrogen-bond donors (Lipinski definition) is 2. The van der Waals surface area contributed by atoms with E-state index in [1.807, 2.05) is 0 Å². The highest BCUT2D eigenvalue weighted by atomic mass is 16.5. The maximum atomic E-state index is 12.8. The van der Waals surface area contributed by atoms with Crippen LogP contribution in [0.4, 0.5) is 0 Å². The smallest absolute Gasteiger partial charge is 0.355 e. The number of esters is 2. The predicted octanol–water partition coefficient (Wildman–Crippen LogP) is 3.38. The Morgan fingerprint density at radius 3 is 1.90 bits per heavy atom. The molecule has 2 N–H and O–H groups in total. The van der Waals surface area contributed by atoms with Crippen molar-refractivity contribution in [3.05, 3.63) is 45.0 Å². The summed E-state index contributed by atoms with van der Waals surface area (Å²) in [7, 11) is 0. The van der Waals surface area contributed by atoms with Crippen LogP contribution in [-0.4, -0.2) is 46.2 Å². The molecule has 0 bridgehead atoms. The molecular weight excluding hydrogens is 376 g/mol. The Morgan fingerprint density at radius 2 is 1.38 bits per heavy atom. The number of carbonyl (C=O) groups excluding carboxylic acids is 4. The number of carbonyl (C=O) groups is 4. The molecule has 0 fully saturated rings. The molecule has 0 aliphatic carbocycles. The summed E-state index contributed by atoms with van der Waals surface area (Å²) in [6.45, 7) is 11.4. The van der Waals surface area contributed by atoms with E-state index in [0.29, 0.717) is 28.1 Å². The zero-order valence-electron chi connectivity index (χ0n) is 17.7. The number of aryl methyl sites for hydroxylation is 2. The van der Waals surface area contributed by atoms with Crippen LogP contribution in [0.3, 0.4) is 0 Å². The van der Waals surface area contributed by atoms with E-state index in [4.69, 9.17) is 9.47 Å². The standard InChI is InChI=1S/C21H26N2O6/c1-8-28-20(26)16-10(3)18(23-12(16)5)21(27)29-14(7)19(25)17-9(2)15(13(6)24)11(4)22-17/h14,22-23H,8H2,1-7H3. The second kappa shape index (κ2) is 8.46. The minimum absolute atomic E-state index is 0.0917. The van der Waals surface area contributed by atoms with E-state index in [9.17, 15) is 19.2 Å². The van der Waals surface area contributed by atoms with Gasteiger partial charge in [-0.1, -0.05) is 0 Å². The number of nitrogens with one attached hydrogen (secondary N) is 2. The number of aromatic nitrogens is 2. The first-order valence-corrected chi connectivity index (χ1v) is 9.32. The van der Waals surface area contributed by atoms with Gasteiger partial charge in [-0.05, 0) is 59.6 Å². The van der Waals surface area contributed by atoms with Crippen molar-refractivity contribution in [3.8, 4) is 0 Å². The van der Waals surface area contributed by atoms with E-state index < -0.39 is 23.8 Å². The van der Waals surface area contributed by atoms with Crippen LogP contribution in [0.2, 0.25) is 0 Å². The second-order valence-corrected chi connectivity index (χ2v) is 6.94. The van der Waals surface area contributed by atoms with Gasteiger partial charge in [0.1, 0.15) is 5.69 Å². The highest BCUT2D eigenvalue weighted by Crippen LogP contribution is 2.23. The minimum Gasteiger partial charge on any atom is -0.462 e. The number of H-pyrrole nitrogens is 2. The molecule has 2 aromatic rings. The third-order valence-electron chi connectivity index (χ3n) is 4.81. The molecule has 0 saturated heterocycles. The highest BCUT2D eigenvalue weighted by molar-refractivity contribution is 6.06. The Hall–Kier alpha value is -3.16. The van der Waals surface area contributed by atoms with Crippen LogP contribution in [0.1, 0.15) is 85.0 Å². The molecule has 8 nitrogen and oxygen atoms in total. The summed E-state index contributed by atoms with van der Waals surface area (Å²) in [5, 5.41) is 0. The van der Waals surface area contributed by atoms with Crippen molar-refractivity contribution in [2.45, 2.75) is 54.6 Å². The van der Waals surface area contributed by atoms with Crippen LogP contribution >= 0.6 is 0 Å². The summed E-state index contributed by atoms with van der Waals surface area (Å²) in [5.74, 6) is -1.88. The number of rotatable bonds is 7. The molecule has 0 spiro atoms. The summed E-state index contributed by atoms with van der Waals surface area (Å²) in [4.78, 5) is 55.0. The molecule has 0 aliphatic rings. The summed E-state index contributed by atoms with van der Waals surface area (Å²) in [6, 6.07) is 0. The lowest BCUT2D eigenvalue weighted by atomic mass is 10.0. The van der Waals surface area contributed by atoms with Gasteiger partial charge in [0.25, 0.3) is 0 Å².